The fourth-order valence-electron chi connectivity index (χ4n) is 16.6. The summed E-state index contributed by atoms with van der Waals surface area (Å²) >= 11 is 0. The average Bonchev–Trinajstić information content (AvgIpc) is 1.56. The second kappa shape index (κ2) is 23.5. The molecule has 0 aliphatic carbocycles. The SMILES string of the molecule is [2H]c1cc(-c2c([2H])c([2H])c([2H])c([2H])c2Nc2ccc3c(c2)c2cc(-n4c5ccc(C(C)(C)C)cc5c5cc(C(C)(C)C)ccc54)cc4c2n3-c2cc3[nH]c5c(-c6ccccc6-c6ccccc6-c6ccccc6)cccc5c3c3c2B4c2ccc(-c4c([2H])c([2H])c([2H])c([2H])c4[2H])cc2N3c2ccc(-c3ccccc3)cc2)c([2H])c([2H])c1[2H]. The zero-order chi connectivity index (χ0) is 81.0. The van der Waals surface area contributed by atoms with Gasteiger partial charge in [-0.15, -0.1) is 0 Å². The number of para-hydroxylation sites is 2. The van der Waals surface area contributed by atoms with E-state index in [1.165, 1.54) is 17.2 Å². The van der Waals surface area contributed by atoms with Crippen molar-refractivity contribution in [3.05, 3.63) is 338 Å². The van der Waals surface area contributed by atoms with Gasteiger partial charge in [-0.3, -0.25) is 0 Å². The van der Waals surface area contributed by atoms with Crippen LogP contribution < -0.4 is 26.6 Å². The average molecular weight is 1350 g/mol. The van der Waals surface area contributed by atoms with Gasteiger partial charge in [0.1, 0.15) is 0 Å². The first kappa shape index (κ1) is 49.0. The molecule has 2 aliphatic heterocycles. The monoisotopic (exact) mass is 1340 g/mol. The predicted octanol–water partition coefficient (Wildman–Crippen LogP) is 24.5. The van der Waals surface area contributed by atoms with E-state index in [-0.39, 0.29) is 51.3 Å². The third kappa shape index (κ3) is 9.69. The largest absolute Gasteiger partial charge is 0.355 e. The number of hydrogen-bond acceptors (Lipinski definition) is 2. The van der Waals surface area contributed by atoms with Crippen molar-refractivity contribution in [2.45, 2.75) is 52.4 Å². The molecule has 2 N–H and O–H groups in total. The number of aromatic amines is 1. The highest BCUT2D eigenvalue weighted by Gasteiger charge is 2.45. The summed E-state index contributed by atoms with van der Waals surface area (Å²) in [6.07, 6.45) is 0. The van der Waals surface area contributed by atoms with Crippen LogP contribution >= 0.6 is 0 Å². The van der Waals surface area contributed by atoms with E-state index >= 15 is 0 Å². The Bertz CT molecular complexity index is 7260. The minimum absolute atomic E-state index is 0.0663. The van der Waals surface area contributed by atoms with Crippen LogP contribution in [0.3, 0.4) is 0 Å². The molecule has 5 heterocycles. The Morgan fingerprint density at radius 3 is 1.65 bits per heavy atom. The summed E-state index contributed by atoms with van der Waals surface area (Å²) < 4.78 is 123. The summed E-state index contributed by atoms with van der Waals surface area (Å²) in [5, 5.41) is 9.11. The molecule has 0 amide bonds. The van der Waals surface area contributed by atoms with Gasteiger partial charge >= 0.3 is 0 Å². The van der Waals surface area contributed by atoms with E-state index in [0.29, 0.717) is 11.3 Å². The van der Waals surface area contributed by atoms with Gasteiger partial charge < -0.3 is 24.3 Å². The van der Waals surface area contributed by atoms with Gasteiger partial charge in [-0.2, -0.15) is 0 Å². The molecular formula is C98H74BN5. The third-order valence-electron chi connectivity index (χ3n) is 21.5. The molecule has 0 saturated heterocycles. The molecule has 0 saturated carbocycles. The van der Waals surface area contributed by atoms with Gasteiger partial charge in [0, 0.05) is 83.1 Å². The molecular weight excluding hydrogens is 1260 g/mol. The van der Waals surface area contributed by atoms with Crippen molar-refractivity contribution in [3.8, 4) is 78.1 Å². The Morgan fingerprint density at radius 2 is 0.942 bits per heavy atom. The second-order valence-corrected chi connectivity index (χ2v) is 29.6. The van der Waals surface area contributed by atoms with E-state index < -0.39 is 67.1 Å². The zero-order valence-electron chi connectivity index (χ0n) is 71.1. The molecule has 5 nitrogen and oxygen atoms in total. The molecule has 494 valence electrons. The molecule has 18 aromatic rings. The number of H-pyrrole nitrogens is 1. The molecule has 0 radical (unpaired) electrons. The van der Waals surface area contributed by atoms with Crippen LogP contribution in [-0.2, 0) is 10.8 Å². The molecule has 0 unspecified atom stereocenters. The van der Waals surface area contributed by atoms with Crippen molar-refractivity contribution >= 4 is 117 Å². The number of benzene rings is 15. The Labute approximate surface area is 625 Å². The first-order valence-electron chi connectivity index (χ1n) is 41.9. The van der Waals surface area contributed by atoms with Crippen LogP contribution in [-0.4, -0.2) is 20.8 Å². The molecule has 0 fully saturated rings. The molecule has 3 aromatic heterocycles. The lowest BCUT2D eigenvalue weighted by Gasteiger charge is -2.41. The van der Waals surface area contributed by atoms with Crippen LogP contribution in [0.5, 0.6) is 0 Å². The highest BCUT2D eigenvalue weighted by Crippen LogP contribution is 2.51. The second-order valence-electron chi connectivity index (χ2n) is 29.6. The van der Waals surface area contributed by atoms with Crippen molar-refractivity contribution in [1.29, 1.82) is 0 Å². The lowest BCUT2D eigenvalue weighted by molar-refractivity contribution is 0.590. The number of anilines is 5. The molecule has 0 bridgehead atoms. The Hall–Kier alpha value is -12.6. The topological polar surface area (TPSA) is 40.9 Å². The van der Waals surface area contributed by atoms with Gasteiger partial charge in [-0.1, -0.05) is 284 Å². The Morgan fingerprint density at radius 1 is 0.365 bits per heavy atom. The molecule has 20 rings (SSSR count). The van der Waals surface area contributed by atoms with E-state index in [4.69, 9.17) is 11.0 Å². The van der Waals surface area contributed by atoms with Crippen molar-refractivity contribution in [1.82, 2.24) is 14.1 Å². The number of aromatic nitrogens is 3. The molecule has 6 heteroatoms. The van der Waals surface area contributed by atoms with Gasteiger partial charge in [0.2, 0.25) is 0 Å². The zero-order valence-corrected chi connectivity index (χ0v) is 58.1. The summed E-state index contributed by atoms with van der Waals surface area (Å²) in [6, 6.07) is 80.7. The van der Waals surface area contributed by atoms with Crippen LogP contribution in [0.15, 0.2) is 327 Å². The van der Waals surface area contributed by atoms with E-state index in [9.17, 15) is 6.85 Å². The van der Waals surface area contributed by atoms with Crippen LogP contribution in [0.2, 0.25) is 0 Å². The summed E-state index contributed by atoms with van der Waals surface area (Å²) in [5.41, 5.74) is 23.2. The Kier molecular flexibility index (Phi) is 11.1. The lowest BCUT2D eigenvalue weighted by atomic mass is 9.33. The highest BCUT2D eigenvalue weighted by molar-refractivity contribution is 7.00. The fourth-order valence-corrected chi connectivity index (χ4v) is 16.6. The molecule has 104 heavy (non-hydrogen) atoms. The van der Waals surface area contributed by atoms with Crippen molar-refractivity contribution in [2.24, 2.45) is 0 Å². The molecule has 15 aromatic carbocycles. The van der Waals surface area contributed by atoms with E-state index in [1.807, 2.05) is 54.6 Å². The fraction of sp³-hybridized carbons (Fsp3) is 0.0816. The van der Waals surface area contributed by atoms with Gasteiger partial charge in [0.15, 0.2) is 0 Å². The number of fused-ring (bicyclic) bond motifs is 14. The maximum atomic E-state index is 9.60. The minimum atomic E-state index is -0.600. The first-order chi connectivity index (χ1) is 56.2. The number of nitrogens with zero attached hydrogens (tertiary/aromatic N) is 3. The van der Waals surface area contributed by atoms with Crippen LogP contribution in [0.25, 0.3) is 144 Å². The summed E-state index contributed by atoms with van der Waals surface area (Å²) in [6.45, 7) is 12.8. The van der Waals surface area contributed by atoms with Crippen LogP contribution in [0.4, 0.5) is 28.4 Å². The quantitative estimate of drug-likeness (QED) is 0.134. The van der Waals surface area contributed by atoms with E-state index in [1.54, 1.807) is 0 Å². The summed E-state index contributed by atoms with van der Waals surface area (Å²) in [5.74, 6) is 0. The van der Waals surface area contributed by atoms with Gasteiger partial charge in [-0.25, -0.2) is 0 Å². The van der Waals surface area contributed by atoms with E-state index in [0.717, 1.165) is 155 Å². The number of hydrogen-bond donors (Lipinski definition) is 2. The van der Waals surface area contributed by atoms with Crippen molar-refractivity contribution in [3.63, 3.8) is 0 Å². The maximum absolute atomic E-state index is 9.60. The van der Waals surface area contributed by atoms with Gasteiger partial charge in [0.05, 0.1) is 51.1 Å². The summed E-state index contributed by atoms with van der Waals surface area (Å²) in [7, 11) is 0. The third-order valence-corrected chi connectivity index (χ3v) is 21.5. The number of nitrogens with one attached hydrogen (secondary N) is 2. The van der Waals surface area contributed by atoms with Gasteiger partial charge in [-0.05, 0) is 179 Å². The normalized spacial score (nSPS) is 14.4. The standard InChI is InChI=1S/C98H74BN5/c1-97(2,3)67-45-51-87-79(55-67)80-56-68(98(4,5)6)46-52-88(80)102(87)71-58-82-81-57-69(100-85-41-24-23-35-73(85)65-32-17-10-18-33-65)47-53-89(81)104-91-60-86-92(78-40-25-39-77(94(78)101-86)76-38-22-21-37-75(76)74-36-20-19-34-72(74)64-30-15-9-16-31-64)96-93(91)99(84(59-71)95(82)104)83-50-44-66(62-28-13-8-14-29-62)54-90(83)103(96)70-48-42-63(43-49-70)61-26-11-7-12-27-61/h7-60,100-101H,1-6H3/i8D,10D,13D,14D,17D,18D,23D,24D,28D,29D,32D,35D,41D. The Balaban J connectivity index is 0.934. The van der Waals surface area contributed by atoms with Crippen LogP contribution in [0, 0.1) is 0 Å². The predicted molar refractivity (Wildman–Crippen MR) is 444 cm³/mol. The highest BCUT2D eigenvalue weighted by atomic mass is 15.2. The van der Waals surface area contributed by atoms with Crippen molar-refractivity contribution < 1.29 is 17.8 Å². The first-order valence-corrected chi connectivity index (χ1v) is 35.4. The smallest absolute Gasteiger partial charge is 0.252 e. The number of rotatable bonds is 10. The van der Waals surface area contributed by atoms with Gasteiger partial charge in [0.25, 0.3) is 6.71 Å². The maximum Gasteiger partial charge on any atom is 0.252 e. The molecule has 0 spiro atoms. The lowest BCUT2D eigenvalue weighted by Crippen LogP contribution is -2.60. The van der Waals surface area contributed by atoms with Crippen molar-refractivity contribution in [2.75, 3.05) is 10.2 Å². The molecule has 2 aliphatic rings. The van der Waals surface area contributed by atoms with E-state index in [2.05, 4.69) is 254 Å². The summed E-state index contributed by atoms with van der Waals surface area (Å²) in [4.78, 5) is 6.45. The minimum Gasteiger partial charge on any atom is -0.355 e. The molecule has 0 atom stereocenters. The van der Waals surface area contributed by atoms with Crippen LogP contribution in [0.1, 0.15) is 70.5 Å².